The largest absolute Gasteiger partial charge is 2.00 e. The molecule has 22 nitrogen and oxygen atoms in total. The van der Waals surface area contributed by atoms with Gasteiger partial charge in [-0.3, -0.25) is 18.3 Å². The monoisotopic (exact) mass is 761 g/mol. The first kappa shape index (κ1) is 57.5. The molecule has 4 atom stereocenters. The number of methoxy groups -OCH3 is 2. The molecule has 27 heteroatoms. The minimum Gasteiger partial charge on any atom is -0.756 e. The van der Waals surface area contributed by atoms with E-state index in [0.717, 1.165) is 35.7 Å². The molecule has 0 aromatic heterocycles. The van der Waals surface area contributed by atoms with Crippen LogP contribution in [0.4, 0.5) is 0 Å². The summed E-state index contributed by atoms with van der Waals surface area (Å²) in [6, 6.07) is 15.8. The van der Waals surface area contributed by atoms with Gasteiger partial charge in [-0.15, -0.1) is 0 Å². The SMILES string of the molecule is COc1ccccc1C[NH3+].COc1ccccc1C[NH3+].O.O.O=P([O-])(O)OP(=O)([O-])O.O=P([O-])(O)OP(=O)([O-])O.[Co+2].[OH3+].[OH3+]. The molecule has 4 unspecified atom stereocenters. The van der Waals surface area contributed by atoms with E-state index in [4.69, 9.17) is 29.0 Å². The summed E-state index contributed by atoms with van der Waals surface area (Å²) in [4.78, 5) is 68.3. The van der Waals surface area contributed by atoms with Crippen molar-refractivity contribution in [2.24, 2.45) is 0 Å². The van der Waals surface area contributed by atoms with Crippen molar-refractivity contribution in [3.05, 3.63) is 59.7 Å². The summed E-state index contributed by atoms with van der Waals surface area (Å²) in [6.07, 6.45) is 0. The Morgan fingerprint density at radius 1 is 0.605 bits per heavy atom. The van der Waals surface area contributed by atoms with Gasteiger partial charge in [0.25, 0.3) is 31.3 Å². The van der Waals surface area contributed by atoms with Gasteiger partial charge in [0.1, 0.15) is 24.6 Å². The second kappa shape index (κ2) is 27.2. The zero-order valence-electron chi connectivity index (χ0n) is 22.4. The third kappa shape index (κ3) is 36.9. The zero-order chi connectivity index (χ0) is 30.2. The van der Waals surface area contributed by atoms with Gasteiger partial charge in [0.2, 0.25) is 0 Å². The van der Waals surface area contributed by atoms with Crippen LogP contribution in [0.3, 0.4) is 0 Å². The molecule has 0 bridgehead atoms. The van der Waals surface area contributed by atoms with E-state index in [-0.39, 0.29) is 38.7 Å². The van der Waals surface area contributed by atoms with Crippen LogP contribution >= 0.6 is 31.3 Å². The van der Waals surface area contributed by atoms with Crippen molar-refractivity contribution in [3.63, 3.8) is 0 Å². The van der Waals surface area contributed by atoms with Crippen LogP contribution in [0.15, 0.2) is 48.5 Å². The topological polar surface area (TPSA) is 463 Å². The second-order valence-corrected chi connectivity index (χ2v) is 11.2. The van der Waals surface area contributed by atoms with Gasteiger partial charge in [0.15, 0.2) is 0 Å². The molecule has 0 aliphatic rings. The maximum Gasteiger partial charge on any atom is 2.00 e. The van der Waals surface area contributed by atoms with Crippen LogP contribution in [0.2, 0.25) is 0 Å². The Bertz CT molecular complexity index is 978. The summed E-state index contributed by atoms with van der Waals surface area (Å²) in [5, 5.41) is 0. The van der Waals surface area contributed by atoms with Crippen LogP contribution in [0.5, 0.6) is 11.5 Å². The molecule has 0 fully saturated rings. The van der Waals surface area contributed by atoms with Gasteiger partial charge in [-0.2, -0.15) is 0 Å². The quantitative estimate of drug-likeness (QED) is 0.108. The van der Waals surface area contributed by atoms with Gasteiger partial charge in [-0.05, 0) is 24.3 Å². The van der Waals surface area contributed by atoms with Crippen molar-refractivity contribution in [3.8, 4) is 11.5 Å². The fraction of sp³-hybridized carbons (Fsp3) is 0.250. The number of quaternary nitrogens is 2. The van der Waals surface area contributed by atoms with Crippen molar-refractivity contribution < 1.29 is 126 Å². The fourth-order valence-corrected chi connectivity index (χ4v) is 4.17. The van der Waals surface area contributed by atoms with E-state index in [9.17, 15) is 37.8 Å². The van der Waals surface area contributed by atoms with Crippen LogP contribution in [0.1, 0.15) is 11.1 Å². The molecule has 2 rings (SSSR count). The number of hydrogen-bond donors (Lipinski definition) is 6. The molecule has 0 amide bonds. The Balaban J connectivity index is -0.0000000775. The third-order valence-electron chi connectivity index (χ3n) is 3.34. The summed E-state index contributed by atoms with van der Waals surface area (Å²) in [6.45, 7) is 1.56. The molecule has 43 heavy (non-hydrogen) atoms. The third-order valence-corrected chi connectivity index (χ3v) is 6.64. The van der Waals surface area contributed by atoms with Gasteiger partial charge in [0.05, 0.1) is 14.2 Å². The maximum absolute atomic E-state index is 9.48. The first-order valence-electron chi connectivity index (χ1n) is 9.58. The van der Waals surface area contributed by atoms with Gasteiger partial charge < -0.3 is 82.0 Å². The van der Waals surface area contributed by atoms with Gasteiger partial charge in [-0.1, -0.05) is 24.3 Å². The average Bonchev–Trinajstić information content (AvgIpc) is 2.75. The Labute approximate surface area is 255 Å². The summed E-state index contributed by atoms with van der Waals surface area (Å²) >= 11 is 0. The molecule has 0 aliphatic carbocycles. The number of phosphoric acid groups is 4. The summed E-state index contributed by atoms with van der Waals surface area (Å²) in [5.41, 5.74) is 9.88. The smallest absolute Gasteiger partial charge is 0.756 e. The van der Waals surface area contributed by atoms with Crippen molar-refractivity contribution in [1.29, 1.82) is 0 Å². The number of benzene rings is 2. The maximum atomic E-state index is 9.48. The number of para-hydroxylation sites is 2. The van der Waals surface area contributed by atoms with Gasteiger partial charge >= 0.3 is 16.8 Å². The Morgan fingerprint density at radius 2 is 0.814 bits per heavy atom. The molecular formula is C16H38CoN2O20P4+2. The van der Waals surface area contributed by atoms with E-state index in [1.54, 1.807) is 14.2 Å². The molecule has 0 spiro atoms. The molecular weight excluding hydrogens is 723 g/mol. The molecule has 0 aliphatic heterocycles. The van der Waals surface area contributed by atoms with Crippen LogP contribution in [-0.2, 0) is 67.7 Å². The fourth-order valence-electron chi connectivity index (χ4n) is 2.08. The van der Waals surface area contributed by atoms with E-state index in [1.807, 2.05) is 48.5 Å². The summed E-state index contributed by atoms with van der Waals surface area (Å²) in [5.74, 6) is 1.86. The Morgan fingerprint density at radius 3 is 0.930 bits per heavy atom. The van der Waals surface area contributed by atoms with Crippen molar-refractivity contribution in [1.82, 2.24) is 0 Å². The van der Waals surface area contributed by atoms with E-state index in [0.29, 0.717) is 0 Å². The predicted octanol–water partition coefficient (Wildman–Crippen LogP) is -6.77. The molecule has 259 valence electrons. The summed E-state index contributed by atoms with van der Waals surface area (Å²) < 4.78 is 53.6. The Hall–Kier alpha value is -1.17. The van der Waals surface area contributed by atoms with E-state index in [1.165, 1.54) is 0 Å². The summed E-state index contributed by atoms with van der Waals surface area (Å²) in [7, 11) is -18.1. The zero-order valence-corrected chi connectivity index (χ0v) is 27.0. The number of ether oxygens (including phenoxy) is 2. The van der Waals surface area contributed by atoms with Gasteiger partial charge in [0, 0.05) is 11.1 Å². The molecule has 2 aromatic rings. The van der Waals surface area contributed by atoms with Crippen LogP contribution in [-0.4, -0.2) is 44.7 Å². The van der Waals surface area contributed by atoms with Crippen LogP contribution in [0.25, 0.3) is 0 Å². The van der Waals surface area contributed by atoms with E-state index in [2.05, 4.69) is 20.1 Å². The first-order valence-corrected chi connectivity index (χ1v) is 15.6. The number of hydrogen-bond acceptors (Lipinski definition) is 12. The average molecular weight is 761 g/mol. The van der Waals surface area contributed by atoms with Crippen molar-refractivity contribution >= 4 is 31.3 Å². The predicted molar refractivity (Wildman–Crippen MR) is 138 cm³/mol. The normalized spacial score (nSPS) is 14.6. The van der Waals surface area contributed by atoms with Gasteiger partial charge in [-0.25, -0.2) is 8.62 Å². The van der Waals surface area contributed by atoms with Crippen LogP contribution < -0.4 is 40.5 Å². The molecule has 2 aromatic carbocycles. The number of rotatable bonds is 8. The van der Waals surface area contributed by atoms with E-state index < -0.39 is 31.3 Å². The van der Waals surface area contributed by atoms with Crippen molar-refractivity contribution in [2.45, 2.75) is 13.1 Å². The first-order chi connectivity index (χ1) is 17.2. The van der Waals surface area contributed by atoms with Crippen LogP contribution in [0, 0.1) is 0 Å². The van der Waals surface area contributed by atoms with Crippen molar-refractivity contribution in [2.75, 3.05) is 14.2 Å². The minimum absolute atomic E-state index is 0. The standard InChI is InChI=1S/2C8H11NO.Co.2H4O7P2.4H2O/c2*1-10-8-5-3-2-4-7(8)6-9;;2*1-8(2,3)7-9(4,5)6;;;;/h2*2-5H,6,9H2,1H3;;2*(H2,1,2,3)(H2,4,5,6);4*1H2/q;;+2;;;;;;. The van der Waals surface area contributed by atoms with E-state index >= 15 is 0 Å². The molecule has 0 heterocycles. The molecule has 20 N–H and O–H groups in total. The molecule has 0 saturated heterocycles. The molecule has 0 saturated carbocycles. The second-order valence-electron chi connectivity index (χ2n) is 6.16. The Kier molecular flexibility index (Phi) is 36.3. The minimum atomic E-state index is -5.36. The molecule has 1 radical (unpaired) electrons.